The maximum atomic E-state index is 13.0. The molecule has 31 heavy (non-hydrogen) atoms. The van der Waals surface area contributed by atoms with Gasteiger partial charge in [-0.05, 0) is 56.0 Å². The zero-order valence-electron chi connectivity index (χ0n) is 18.2. The smallest absolute Gasteiger partial charge is 0.340 e. The summed E-state index contributed by atoms with van der Waals surface area (Å²) in [7, 11) is 3.15. The van der Waals surface area contributed by atoms with Gasteiger partial charge in [0.05, 0.1) is 37.8 Å². The van der Waals surface area contributed by atoms with Gasteiger partial charge >= 0.3 is 5.97 Å². The molecule has 0 atom stereocenters. The van der Waals surface area contributed by atoms with Crippen molar-refractivity contribution >= 4 is 23.9 Å². The lowest BCUT2D eigenvalue weighted by atomic mass is 9.94. The van der Waals surface area contributed by atoms with E-state index in [9.17, 15) is 9.59 Å². The first-order valence-electron chi connectivity index (χ1n) is 10.1. The Balaban J connectivity index is 2.30. The molecule has 2 heterocycles. The number of esters is 1. The van der Waals surface area contributed by atoms with Gasteiger partial charge in [-0.25, -0.2) is 4.79 Å². The second kappa shape index (κ2) is 9.88. The Hall–Kier alpha value is -2.99. The normalized spacial score (nSPS) is 13.0. The summed E-state index contributed by atoms with van der Waals surface area (Å²) in [6, 6.07) is 3.77. The molecule has 0 saturated carbocycles. The first-order chi connectivity index (χ1) is 15.0. The van der Waals surface area contributed by atoms with Crippen LogP contribution in [0.1, 0.15) is 45.8 Å². The molecule has 1 aliphatic heterocycles. The summed E-state index contributed by atoms with van der Waals surface area (Å²) in [6.45, 7) is 4.41. The zero-order valence-corrected chi connectivity index (χ0v) is 18.9. The number of nitrogens with zero attached hydrogens (tertiary/aromatic N) is 1. The molecule has 1 aliphatic rings. The summed E-state index contributed by atoms with van der Waals surface area (Å²) in [5.41, 5.74) is 3.95. The lowest BCUT2D eigenvalue weighted by Gasteiger charge is -2.23. The number of hydrogen-bond acceptors (Lipinski definition) is 5. The van der Waals surface area contributed by atoms with Crippen LogP contribution in [0.15, 0.2) is 35.4 Å². The predicted molar refractivity (Wildman–Crippen MR) is 120 cm³/mol. The molecule has 0 unspecified atom stereocenters. The van der Waals surface area contributed by atoms with Crippen LogP contribution in [0, 0.1) is 0 Å². The van der Waals surface area contributed by atoms with Gasteiger partial charge in [0.15, 0.2) is 17.8 Å². The maximum absolute atomic E-state index is 13.0. The number of benzene rings is 1. The molecule has 164 valence electrons. The van der Waals surface area contributed by atoms with Gasteiger partial charge in [0, 0.05) is 17.1 Å². The van der Waals surface area contributed by atoms with E-state index in [-0.39, 0.29) is 6.61 Å². The van der Waals surface area contributed by atoms with Crippen molar-refractivity contribution in [1.82, 2.24) is 4.57 Å². The Bertz CT molecular complexity index is 1060. The van der Waals surface area contributed by atoms with Gasteiger partial charge in [-0.1, -0.05) is 23.8 Å². The van der Waals surface area contributed by atoms with Gasteiger partial charge in [0.25, 0.3) is 0 Å². The minimum absolute atomic E-state index is 0.229. The fourth-order valence-corrected chi connectivity index (χ4v) is 4.18. The van der Waals surface area contributed by atoms with Crippen LogP contribution in [-0.2, 0) is 24.1 Å². The fourth-order valence-electron chi connectivity index (χ4n) is 3.97. The van der Waals surface area contributed by atoms with Gasteiger partial charge in [-0.15, -0.1) is 0 Å². The average Bonchev–Trinajstić information content (AvgIpc) is 3.10. The van der Waals surface area contributed by atoms with Gasteiger partial charge in [-0.2, -0.15) is 0 Å². The first kappa shape index (κ1) is 22.7. The molecule has 0 aliphatic carbocycles. The number of carbonyl (C=O) groups excluding carboxylic acids is 2. The Morgan fingerprint density at radius 2 is 1.94 bits per heavy atom. The van der Waals surface area contributed by atoms with Crippen molar-refractivity contribution in [2.75, 3.05) is 20.8 Å². The van der Waals surface area contributed by atoms with E-state index in [1.54, 1.807) is 33.3 Å². The Morgan fingerprint density at radius 3 is 2.55 bits per heavy atom. The van der Waals surface area contributed by atoms with E-state index in [1.165, 1.54) is 0 Å². The van der Waals surface area contributed by atoms with Crippen LogP contribution in [-0.4, -0.2) is 37.6 Å². The minimum Gasteiger partial charge on any atom is -0.493 e. The van der Waals surface area contributed by atoms with Crippen LogP contribution >= 0.6 is 11.6 Å². The van der Waals surface area contributed by atoms with Gasteiger partial charge in [0.1, 0.15) is 0 Å². The molecule has 0 N–H and O–H groups in total. The second-order valence-electron chi connectivity index (χ2n) is 6.98. The molecular formula is C24H26ClNO5. The van der Waals surface area contributed by atoms with Crippen LogP contribution in [0.4, 0.5) is 0 Å². The highest BCUT2D eigenvalue weighted by atomic mass is 35.5. The van der Waals surface area contributed by atoms with E-state index in [4.69, 9.17) is 25.8 Å². The van der Waals surface area contributed by atoms with Crippen molar-refractivity contribution in [1.29, 1.82) is 0 Å². The SMILES string of the molecule is C/C=C\C(Cl)=C/Cc1c(C(=O)OCC)c2n(c1C=O)CCc1cc(OC)c(OC)cc1-2. The predicted octanol–water partition coefficient (Wildman–Crippen LogP) is 4.96. The third kappa shape index (κ3) is 4.26. The molecule has 0 bridgehead atoms. The average molecular weight is 444 g/mol. The number of aromatic nitrogens is 1. The Labute approximate surface area is 187 Å². The van der Waals surface area contributed by atoms with Crippen LogP contribution in [0.2, 0.25) is 0 Å². The Morgan fingerprint density at radius 1 is 1.23 bits per heavy atom. The number of halogens is 1. The highest BCUT2D eigenvalue weighted by Gasteiger charge is 2.32. The molecule has 1 aromatic carbocycles. The van der Waals surface area contributed by atoms with Crippen molar-refractivity contribution in [2.24, 2.45) is 0 Å². The van der Waals surface area contributed by atoms with Crippen LogP contribution in [0.25, 0.3) is 11.3 Å². The number of carbonyl (C=O) groups is 2. The number of hydrogen-bond donors (Lipinski definition) is 0. The topological polar surface area (TPSA) is 66.8 Å². The number of ether oxygens (including phenoxy) is 3. The highest BCUT2D eigenvalue weighted by Crippen LogP contribution is 2.42. The molecule has 0 radical (unpaired) electrons. The number of rotatable bonds is 8. The molecule has 0 fully saturated rings. The van der Waals surface area contributed by atoms with Crippen LogP contribution < -0.4 is 9.47 Å². The van der Waals surface area contributed by atoms with E-state index >= 15 is 0 Å². The standard InChI is InChI=1S/C24H26ClNO5/c1-5-7-16(25)8-9-17-19(14-27)26-11-10-15-12-20(29-3)21(30-4)13-18(15)23(26)22(17)24(28)31-6-2/h5,7-8,12-14H,6,9-11H2,1-4H3/b7-5-,16-8+. The summed E-state index contributed by atoms with van der Waals surface area (Å²) in [5, 5.41) is 0.533. The van der Waals surface area contributed by atoms with Crippen LogP contribution in [0.5, 0.6) is 11.5 Å². The van der Waals surface area contributed by atoms with Crippen molar-refractivity contribution in [3.63, 3.8) is 0 Å². The summed E-state index contributed by atoms with van der Waals surface area (Å²) in [6.07, 6.45) is 7.18. The first-order valence-corrected chi connectivity index (χ1v) is 10.5. The highest BCUT2D eigenvalue weighted by molar-refractivity contribution is 6.31. The summed E-state index contributed by atoms with van der Waals surface area (Å²) in [4.78, 5) is 25.2. The van der Waals surface area contributed by atoms with E-state index < -0.39 is 5.97 Å². The van der Waals surface area contributed by atoms with Crippen molar-refractivity contribution in [3.8, 4) is 22.8 Å². The molecule has 3 rings (SSSR count). The summed E-state index contributed by atoms with van der Waals surface area (Å²) >= 11 is 6.23. The largest absolute Gasteiger partial charge is 0.493 e. The van der Waals surface area contributed by atoms with E-state index in [2.05, 4.69) is 0 Å². The minimum atomic E-state index is -0.465. The molecule has 0 spiro atoms. The Kier molecular flexibility index (Phi) is 7.23. The molecule has 1 aromatic heterocycles. The van der Waals surface area contributed by atoms with Crippen molar-refractivity contribution in [3.05, 3.63) is 57.8 Å². The number of fused-ring (bicyclic) bond motifs is 3. The molecular weight excluding hydrogens is 418 g/mol. The monoisotopic (exact) mass is 443 g/mol. The van der Waals surface area contributed by atoms with Crippen molar-refractivity contribution in [2.45, 2.75) is 33.2 Å². The third-order valence-corrected chi connectivity index (χ3v) is 5.58. The quantitative estimate of drug-likeness (QED) is 0.328. The van der Waals surface area contributed by atoms with Gasteiger partial charge in [0.2, 0.25) is 0 Å². The fraction of sp³-hybridized carbons (Fsp3) is 0.333. The number of aldehydes is 1. The van der Waals surface area contributed by atoms with Gasteiger partial charge in [-0.3, -0.25) is 4.79 Å². The van der Waals surface area contributed by atoms with Crippen LogP contribution in [0.3, 0.4) is 0 Å². The molecule has 2 aromatic rings. The van der Waals surface area contributed by atoms with E-state index in [0.717, 1.165) is 17.4 Å². The number of allylic oxidation sites excluding steroid dienone is 4. The third-order valence-electron chi connectivity index (χ3n) is 5.30. The van der Waals surface area contributed by atoms with Gasteiger partial charge < -0.3 is 18.8 Å². The lowest BCUT2D eigenvalue weighted by Crippen LogP contribution is -2.15. The van der Waals surface area contributed by atoms with Crippen molar-refractivity contribution < 1.29 is 23.8 Å². The zero-order chi connectivity index (χ0) is 22.5. The summed E-state index contributed by atoms with van der Waals surface area (Å²) < 4.78 is 18.2. The van der Waals surface area contributed by atoms with E-state index in [1.807, 2.05) is 29.7 Å². The number of methoxy groups -OCH3 is 2. The summed E-state index contributed by atoms with van der Waals surface area (Å²) in [5.74, 6) is 0.708. The van der Waals surface area contributed by atoms with E-state index in [0.29, 0.717) is 58.4 Å². The molecule has 7 heteroatoms. The lowest BCUT2D eigenvalue weighted by molar-refractivity contribution is 0.0526. The molecule has 6 nitrogen and oxygen atoms in total. The molecule has 0 saturated heterocycles. The maximum Gasteiger partial charge on any atom is 0.340 e. The number of aryl methyl sites for hydroxylation is 1. The second-order valence-corrected chi connectivity index (χ2v) is 7.42. The molecule has 0 amide bonds.